The zero-order valence-electron chi connectivity index (χ0n) is 31.0. The zero-order valence-corrected chi connectivity index (χ0v) is 31.0. The highest BCUT2D eigenvalue weighted by Crippen LogP contribution is 2.42. The van der Waals surface area contributed by atoms with Crippen molar-refractivity contribution in [1.82, 2.24) is 44.0 Å². The normalized spacial score (nSPS) is 11.6. The molecule has 0 aliphatic carbocycles. The van der Waals surface area contributed by atoms with Gasteiger partial charge in [0, 0.05) is 56.2 Å². The Bertz CT molecular complexity index is 3240. The standard InChI is InChI=1S/C46H32N10/c1-26-49-27(2)52-45(51-26)31-14-17-42-36(22-31)33-9-5-7-11-39(33)55(42)41-16-13-30(24-47)21-35(41)38-25-48-20-19-44(38)56-40-12-8-6-10-34(40)37-23-32(15-18-43(37)56)46-53-28(3)50-29(4)54-46/h5-23,25H,1-4H3. The van der Waals surface area contributed by atoms with E-state index in [0.717, 1.165) is 77.2 Å². The van der Waals surface area contributed by atoms with E-state index in [-0.39, 0.29) is 0 Å². The predicted molar refractivity (Wildman–Crippen MR) is 220 cm³/mol. The van der Waals surface area contributed by atoms with E-state index in [9.17, 15) is 5.26 Å². The molecule has 10 nitrogen and oxygen atoms in total. The lowest BCUT2D eigenvalue weighted by atomic mass is 10.00. The largest absolute Gasteiger partial charge is 0.309 e. The van der Waals surface area contributed by atoms with E-state index in [0.29, 0.717) is 40.5 Å². The average molecular weight is 725 g/mol. The van der Waals surface area contributed by atoms with Crippen LogP contribution in [0.25, 0.3) is 88.9 Å². The van der Waals surface area contributed by atoms with Crippen LogP contribution in [-0.2, 0) is 0 Å². The van der Waals surface area contributed by atoms with Crippen molar-refractivity contribution in [2.24, 2.45) is 0 Å². The van der Waals surface area contributed by atoms with Gasteiger partial charge in [0.25, 0.3) is 0 Å². The molecule has 10 heteroatoms. The van der Waals surface area contributed by atoms with Gasteiger partial charge in [0.2, 0.25) is 0 Å². The molecule has 0 saturated carbocycles. The van der Waals surface area contributed by atoms with Crippen molar-refractivity contribution in [2.45, 2.75) is 27.7 Å². The molecule has 5 aromatic carbocycles. The van der Waals surface area contributed by atoms with Gasteiger partial charge in [0.1, 0.15) is 23.3 Å². The molecule has 0 radical (unpaired) electrons. The van der Waals surface area contributed by atoms with E-state index in [1.165, 1.54) is 0 Å². The fraction of sp³-hybridized carbons (Fsp3) is 0.0870. The van der Waals surface area contributed by atoms with Crippen LogP contribution < -0.4 is 0 Å². The molecule has 0 amide bonds. The molecule has 0 N–H and O–H groups in total. The fourth-order valence-electron chi connectivity index (χ4n) is 8.04. The number of rotatable bonds is 5. The molecule has 0 fully saturated rings. The van der Waals surface area contributed by atoms with E-state index in [1.807, 2.05) is 64.4 Å². The number of pyridine rings is 1. The second-order valence-electron chi connectivity index (χ2n) is 13.9. The van der Waals surface area contributed by atoms with Crippen LogP contribution in [0.3, 0.4) is 0 Å². The Kier molecular flexibility index (Phi) is 7.50. The maximum absolute atomic E-state index is 10.2. The minimum atomic E-state index is 0.553. The van der Waals surface area contributed by atoms with Crippen LogP contribution in [-0.4, -0.2) is 44.0 Å². The molecule has 0 atom stereocenters. The van der Waals surface area contributed by atoms with Crippen LogP contribution in [0.1, 0.15) is 28.9 Å². The summed E-state index contributed by atoms with van der Waals surface area (Å²) in [5.74, 6) is 4.02. The van der Waals surface area contributed by atoms with Crippen molar-refractivity contribution in [3.05, 3.63) is 150 Å². The first-order valence-corrected chi connectivity index (χ1v) is 18.3. The molecule has 0 aliphatic rings. The van der Waals surface area contributed by atoms with Gasteiger partial charge < -0.3 is 9.13 Å². The van der Waals surface area contributed by atoms with Gasteiger partial charge >= 0.3 is 0 Å². The van der Waals surface area contributed by atoms with Crippen molar-refractivity contribution in [2.75, 3.05) is 0 Å². The average Bonchev–Trinajstić information content (AvgIpc) is 3.72. The molecule has 10 aromatic rings. The van der Waals surface area contributed by atoms with E-state index in [2.05, 4.69) is 135 Å². The summed E-state index contributed by atoms with van der Waals surface area (Å²) in [7, 11) is 0. The quantitative estimate of drug-likeness (QED) is 0.172. The predicted octanol–water partition coefficient (Wildman–Crippen LogP) is 9.75. The molecular weight excluding hydrogens is 693 g/mol. The molecule has 5 aromatic heterocycles. The van der Waals surface area contributed by atoms with E-state index < -0.39 is 0 Å². The highest BCUT2D eigenvalue weighted by molar-refractivity contribution is 6.12. The summed E-state index contributed by atoms with van der Waals surface area (Å²) in [6, 6.07) is 39.9. The smallest absolute Gasteiger partial charge is 0.163 e. The van der Waals surface area contributed by atoms with Crippen LogP contribution in [0, 0.1) is 39.0 Å². The lowest BCUT2D eigenvalue weighted by Crippen LogP contribution is -2.02. The Labute approximate surface area is 321 Å². The number of nitriles is 1. The number of hydrogen-bond acceptors (Lipinski definition) is 8. The molecule has 5 heterocycles. The van der Waals surface area contributed by atoms with Crippen LogP contribution in [0.15, 0.2) is 122 Å². The summed E-state index contributed by atoms with van der Waals surface area (Å²) in [5.41, 5.74) is 10.1. The first-order valence-electron chi connectivity index (χ1n) is 18.3. The van der Waals surface area contributed by atoms with Crippen LogP contribution in [0.2, 0.25) is 0 Å². The third-order valence-electron chi connectivity index (χ3n) is 10.3. The summed E-state index contributed by atoms with van der Waals surface area (Å²) in [4.78, 5) is 32.1. The molecule has 0 saturated heterocycles. The number of fused-ring (bicyclic) bond motifs is 6. The SMILES string of the molecule is Cc1nc(C)nc(-c2ccc3c(c2)c2ccccc2n3-c2ccncc2-c2cc(C#N)ccc2-n2c3ccccc3c3cc(-c4nc(C)nc(C)n4)ccc32)n1. The molecule has 0 aliphatic heterocycles. The number of aryl methyl sites for hydroxylation is 4. The highest BCUT2D eigenvalue weighted by Gasteiger charge is 2.22. The van der Waals surface area contributed by atoms with Crippen molar-refractivity contribution >= 4 is 43.6 Å². The third-order valence-corrected chi connectivity index (χ3v) is 10.3. The molecule has 56 heavy (non-hydrogen) atoms. The zero-order chi connectivity index (χ0) is 38.1. The van der Waals surface area contributed by atoms with Gasteiger partial charge in [-0.05, 0) is 100 Å². The first kappa shape index (κ1) is 33.0. The lowest BCUT2D eigenvalue weighted by molar-refractivity contribution is 0.928. The Balaban J connectivity index is 1.22. The highest BCUT2D eigenvalue weighted by atomic mass is 15.0. The van der Waals surface area contributed by atoms with E-state index in [4.69, 9.17) is 0 Å². The van der Waals surface area contributed by atoms with E-state index in [1.54, 1.807) is 0 Å². The molecule has 0 unspecified atom stereocenters. The van der Waals surface area contributed by atoms with Gasteiger partial charge in [-0.25, -0.2) is 29.9 Å². The maximum Gasteiger partial charge on any atom is 0.163 e. The van der Waals surface area contributed by atoms with Gasteiger partial charge in [-0.1, -0.05) is 36.4 Å². The molecule has 0 spiro atoms. The van der Waals surface area contributed by atoms with E-state index >= 15 is 0 Å². The van der Waals surface area contributed by atoms with Gasteiger partial charge in [-0.2, -0.15) is 5.26 Å². The fourth-order valence-corrected chi connectivity index (χ4v) is 8.04. The summed E-state index contributed by atoms with van der Waals surface area (Å²) in [5, 5.41) is 14.6. The second kappa shape index (κ2) is 12.7. The van der Waals surface area contributed by atoms with Gasteiger partial charge in [-0.15, -0.1) is 0 Å². The first-order chi connectivity index (χ1) is 27.3. The summed E-state index contributed by atoms with van der Waals surface area (Å²) in [6.45, 7) is 7.55. The lowest BCUT2D eigenvalue weighted by Gasteiger charge is -2.18. The summed E-state index contributed by atoms with van der Waals surface area (Å²) < 4.78 is 4.57. The van der Waals surface area contributed by atoms with Gasteiger partial charge in [0.15, 0.2) is 11.6 Å². The summed E-state index contributed by atoms with van der Waals surface area (Å²) in [6.07, 6.45) is 3.72. The molecular formula is C46H32N10. The Hall–Kier alpha value is -7.64. The van der Waals surface area contributed by atoms with Crippen molar-refractivity contribution < 1.29 is 0 Å². The molecule has 0 bridgehead atoms. The van der Waals surface area contributed by atoms with Gasteiger partial charge in [-0.3, -0.25) is 4.98 Å². The minimum Gasteiger partial charge on any atom is -0.309 e. The Morgan fingerprint density at radius 1 is 0.464 bits per heavy atom. The van der Waals surface area contributed by atoms with Crippen molar-refractivity contribution in [3.8, 4) is 51.3 Å². The number of aromatic nitrogens is 9. The second-order valence-corrected chi connectivity index (χ2v) is 13.9. The maximum atomic E-state index is 10.2. The topological polar surface area (TPSA) is 124 Å². The number of nitrogens with zero attached hydrogens (tertiary/aromatic N) is 10. The monoisotopic (exact) mass is 724 g/mol. The third kappa shape index (κ3) is 5.28. The summed E-state index contributed by atoms with van der Waals surface area (Å²) >= 11 is 0. The van der Waals surface area contributed by atoms with Crippen molar-refractivity contribution in [1.29, 1.82) is 5.26 Å². The molecule has 10 rings (SSSR count). The number of para-hydroxylation sites is 2. The number of benzene rings is 5. The number of hydrogen-bond donors (Lipinski definition) is 0. The minimum absolute atomic E-state index is 0.553. The Morgan fingerprint density at radius 3 is 1.46 bits per heavy atom. The van der Waals surface area contributed by atoms with Crippen LogP contribution >= 0.6 is 0 Å². The van der Waals surface area contributed by atoms with Crippen molar-refractivity contribution in [3.63, 3.8) is 0 Å². The van der Waals surface area contributed by atoms with Crippen LogP contribution in [0.5, 0.6) is 0 Å². The van der Waals surface area contributed by atoms with Gasteiger partial charge in [0.05, 0.1) is 45.1 Å². The Morgan fingerprint density at radius 2 is 0.946 bits per heavy atom. The molecule has 266 valence electrons. The van der Waals surface area contributed by atoms with Crippen LogP contribution in [0.4, 0.5) is 0 Å².